The fourth-order valence-electron chi connectivity index (χ4n) is 5.06. The van der Waals surface area contributed by atoms with E-state index >= 15 is 0 Å². The summed E-state index contributed by atoms with van der Waals surface area (Å²) in [5, 5.41) is 9.87. The Balaban J connectivity index is 1.47. The zero-order valence-corrected chi connectivity index (χ0v) is 30.5. The molecule has 0 aliphatic carbocycles. The second-order valence-electron chi connectivity index (χ2n) is 14.0. The molecule has 5 rings (SSSR count). The minimum Gasteiger partial charge on any atom is -0.490 e. The van der Waals surface area contributed by atoms with E-state index in [1.807, 2.05) is 72.8 Å². The van der Waals surface area contributed by atoms with E-state index in [1.54, 1.807) is 53.7 Å². The van der Waals surface area contributed by atoms with Gasteiger partial charge in [-0.1, -0.05) is 84.3 Å². The quantitative estimate of drug-likeness (QED) is 0.125. The summed E-state index contributed by atoms with van der Waals surface area (Å²) in [7, 11) is 0. The molecule has 0 aliphatic rings. The maximum absolute atomic E-state index is 12.2. The Hall–Kier alpha value is -6.12. The average Bonchev–Trinajstić information content (AvgIpc) is 3.09. The van der Waals surface area contributed by atoms with Gasteiger partial charge in [0.05, 0.1) is 24.2 Å². The van der Waals surface area contributed by atoms with E-state index in [4.69, 9.17) is 18.9 Å². The number of hydrogen-bond acceptors (Lipinski definition) is 6. The van der Waals surface area contributed by atoms with E-state index in [0.29, 0.717) is 22.6 Å². The van der Waals surface area contributed by atoms with Crippen LogP contribution in [-0.4, -0.2) is 49.7 Å². The van der Waals surface area contributed by atoms with Crippen molar-refractivity contribution >= 4 is 33.7 Å². The molecule has 8 nitrogen and oxygen atoms in total. The van der Waals surface area contributed by atoms with E-state index < -0.39 is 23.4 Å². The molecule has 2 amide bonds. The molecule has 0 heterocycles. The van der Waals surface area contributed by atoms with E-state index in [0.717, 1.165) is 32.7 Å². The van der Waals surface area contributed by atoms with Gasteiger partial charge in [0.1, 0.15) is 35.9 Å². The van der Waals surface area contributed by atoms with Gasteiger partial charge in [0.25, 0.3) is 0 Å². The number of carbonyl (C=O) groups is 2. The third-order valence-electron chi connectivity index (χ3n) is 7.32. The van der Waals surface area contributed by atoms with Crippen molar-refractivity contribution in [1.29, 1.82) is 0 Å². The molecule has 0 unspecified atom stereocenters. The summed E-state index contributed by atoms with van der Waals surface area (Å²) in [4.78, 5) is 24.5. The van der Waals surface area contributed by atoms with Gasteiger partial charge in [-0.15, -0.1) is 0 Å². The molecule has 5 aromatic carbocycles. The number of amides is 2. The number of rotatable bonds is 8. The molecular formula is C44H44N2O6. The van der Waals surface area contributed by atoms with Gasteiger partial charge in [0, 0.05) is 23.3 Å². The van der Waals surface area contributed by atoms with Crippen molar-refractivity contribution < 1.29 is 28.5 Å². The highest BCUT2D eigenvalue weighted by molar-refractivity contribution is 5.84. The van der Waals surface area contributed by atoms with Crippen LogP contribution < -0.4 is 20.1 Å². The van der Waals surface area contributed by atoms with Crippen LogP contribution in [0.4, 0.5) is 9.59 Å². The Morgan fingerprint density at radius 3 is 1.29 bits per heavy atom. The lowest BCUT2D eigenvalue weighted by Crippen LogP contribution is -2.34. The van der Waals surface area contributed by atoms with Crippen molar-refractivity contribution in [3.63, 3.8) is 0 Å². The molecule has 0 spiro atoms. The topological polar surface area (TPSA) is 95.1 Å². The van der Waals surface area contributed by atoms with Crippen LogP contribution in [-0.2, 0) is 9.47 Å². The summed E-state index contributed by atoms with van der Waals surface area (Å²) in [6.45, 7) is 11.6. The minimum absolute atomic E-state index is 0.154. The molecule has 0 saturated carbocycles. The predicted octanol–water partition coefficient (Wildman–Crippen LogP) is 8.60. The molecule has 0 aromatic heterocycles. The van der Waals surface area contributed by atoms with Gasteiger partial charge in [0.15, 0.2) is 0 Å². The second kappa shape index (κ2) is 16.7. The number of carbonyl (C=O) groups excluding carboxylic acids is 2. The second-order valence-corrected chi connectivity index (χ2v) is 14.0. The van der Waals surface area contributed by atoms with Crippen LogP contribution in [0, 0.1) is 23.7 Å². The number of benzene rings is 5. The first-order chi connectivity index (χ1) is 24.8. The fourth-order valence-corrected chi connectivity index (χ4v) is 5.06. The summed E-state index contributed by atoms with van der Waals surface area (Å²) < 4.78 is 23.1. The van der Waals surface area contributed by atoms with Crippen molar-refractivity contribution in [2.45, 2.75) is 52.7 Å². The van der Waals surface area contributed by atoms with Crippen LogP contribution in [0.15, 0.2) is 97.1 Å². The van der Waals surface area contributed by atoms with E-state index in [9.17, 15) is 9.59 Å². The maximum Gasteiger partial charge on any atom is 0.407 e. The molecule has 0 radical (unpaired) electrons. The first-order valence-corrected chi connectivity index (χ1v) is 17.2. The molecule has 0 atom stereocenters. The van der Waals surface area contributed by atoms with Crippen molar-refractivity contribution in [3.8, 4) is 35.2 Å². The minimum atomic E-state index is -0.618. The largest absolute Gasteiger partial charge is 0.490 e. The fraction of sp³-hybridized carbons (Fsp3) is 0.273. The molecule has 5 aromatic rings. The molecular weight excluding hydrogens is 652 g/mol. The Kier molecular flexibility index (Phi) is 11.9. The number of ether oxygens (including phenoxy) is 4. The lowest BCUT2D eigenvalue weighted by atomic mass is 10.0. The van der Waals surface area contributed by atoms with Crippen molar-refractivity contribution in [2.24, 2.45) is 0 Å². The Morgan fingerprint density at radius 2 is 0.904 bits per heavy atom. The highest BCUT2D eigenvalue weighted by Gasteiger charge is 2.17. The lowest BCUT2D eigenvalue weighted by Gasteiger charge is -2.20. The highest BCUT2D eigenvalue weighted by atomic mass is 16.6. The smallest absolute Gasteiger partial charge is 0.407 e. The van der Waals surface area contributed by atoms with Crippen molar-refractivity contribution in [1.82, 2.24) is 10.6 Å². The van der Waals surface area contributed by atoms with E-state index in [1.165, 1.54) is 0 Å². The Bertz CT molecular complexity index is 2030. The van der Waals surface area contributed by atoms with Crippen molar-refractivity contribution in [2.75, 3.05) is 26.3 Å². The number of nitrogens with one attached hydrogen (secondary N) is 2. The van der Waals surface area contributed by atoms with Crippen LogP contribution in [0.3, 0.4) is 0 Å². The third-order valence-corrected chi connectivity index (χ3v) is 7.32. The first kappa shape index (κ1) is 37.1. The van der Waals surface area contributed by atoms with Gasteiger partial charge >= 0.3 is 12.2 Å². The third kappa shape index (κ3) is 11.5. The van der Waals surface area contributed by atoms with Gasteiger partial charge in [-0.05, 0) is 87.4 Å². The van der Waals surface area contributed by atoms with Crippen LogP contribution in [0.2, 0.25) is 0 Å². The summed E-state index contributed by atoms with van der Waals surface area (Å²) in [6.07, 6.45) is -1.06. The Morgan fingerprint density at radius 1 is 0.519 bits per heavy atom. The molecule has 266 valence electrons. The number of hydrogen-bond donors (Lipinski definition) is 2. The van der Waals surface area contributed by atoms with Crippen molar-refractivity contribution in [3.05, 3.63) is 119 Å². The van der Waals surface area contributed by atoms with E-state index in [2.05, 4.69) is 46.4 Å². The number of fused-ring (bicyclic) bond motifs is 2. The van der Waals surface area contributed by atoms with Crippen LogP contribution in [0.1, 0.15) is 63.8 Å². The molecule has 2 N–H and O–H groups in total. The van der Waals surface area contributed by atoms with Crippen LogP contribution >= 0.6 is 0 Å². The van der Waals surface area contributed by atoms with Gasteiger partial charge in [-0.3, -0.25) is 0 Å². The standard InChI is InChI=1S/C44H44N2O6/c1-43(2,3)51-41(47)45-23-25-49-39-29-38(22-18-32-16-20-34-12-8-10-14-36(34)28-32)40(50-26-24-46-42(48)52-44(4,5)6)30-37(39)21-17-31-15-19-33-11-7-9-13-35(33)27-31/h7-16,19-20,27-30H,23-26H2,1-6H3,(H,45,47)(H,46,48). The molecule has 8 heteroatoms. The lowest BCUT2D eigenvalue weighted by molar-refractivity contribution is 0.0509. The van der Waals surface area contributed by atoms with Gasteiger partial charge in [-0.25, -0.2) is 9.59 Å². The molecule has 52 heavy (non-hydrogen) atoms. The molecule has 0 aliphatic heterocycles. The SMILES string of the molecule is CC(C)(C)OC(=O)NCCOc1cc(C#Cc2ccc3ccccc3c2)c(OCCNC(=O)OC(C)(C)C)cc1C#Cc1ccc2ccccc2c1. The first-order valence-electron chi connectivity index (χ1n) is 17.2. The summed E-state index contributed by atoms with van der Waals surface area (Å²) in [5.41, 5.74) is 1.56. The predicted molar refractivity (Wildman–Crippen MR) is 206 cm³/mol. The Labute approximate surface area is 305 Å². The number of alkyl carbamates (subject to hydrolysis) is 2. The van der Waals surface area contributed by atoms with Gasteiger partial charge < -0.3 is 29.6 Å². The monoisotopic (exact) mass is 696 g/mol. The average molecular weight is 697 g/mol. The summed E-state index contributed by atoms with van der Waals surface area (Å²) in [6, 6.07) is 31.9. The molecule has 0 bridgehead atoms. The molecule has 0 saturated heterocycles. The molecule has 0 fully saturated rings. The van der Waals surface area contributed by atoms with Gasteiger partial charge in [0.2, 0.25) is 0 Å². The van der Waals surface area contributed by atoms with Gasteiger partial charge in [-0.2, -0.15) is 0 Å². The summed E-state index contributed by atoms with van der Waals surface area (Å²) >= 11 is 0. The maximum atomic E-state index is 12.2. The van der Waals surface area contributed by atoms with Crippen LogP contribution in [0.5, 0.6) is 11.5 Å². The van der Waals surface area contributed by atoms with E-state index in [-0.39, 0.29) is 26.3 Å². The highest BCUT2D eigenvalue weighted by Crippen LogP contribution is 2.29. The zero-order chi connectivity index (χ0) is 37.1. The summed E-state index contributed by atoms with van der Waals surface area (Å²) in [5.74, 6) is 14.0. The zero-order valence-electron chi connectivity index (χ0n) is 30.5. The normalized spacial score (nSPS) is 11.0. The van der Waals surface area contributed by atoms with Crippen LogP contribution in [0.25, 0.3) is 21.5 Å².